The number of nitrogens with zero attached hydrogens (tertiary/aromatic N) is 1. The highest BCUT2D eigenvalue weighted by atomic mass is 35.5. The van der Waals surface area contributed by atoms with E-state index in [1.54, 1.807) is 33.6 Å². The predicted octanol–water partition coefficient (Wildman–Crippen LogP) is 19.1. The van der Waals surface area contributed by atoms with Gasteiger partial charge in [0.15, 0.2) is 0 Å². The Kier molecular flexibility index (Phi) is 29.7. The van der Waals surface area contributed by atoms with Gasteiger partial charge in [0.2, 0.25) is 0 Å². The van der Waals surface area contributed by atoms with Crippen LogP contribution >= 0.6 is 23.2 Å². The zero-order valence-electron chi connectivity index (χ0n) is 67.2. The van der Waals surface area contributed by atoms with Gasteiger partial charge in [-0.15, -0.1) is 0 Å². The van der Waals surface area contributed by atoms with Gasteiger partial charge in [-0.05, 0) is 170 Å². The second kappa shape index (κ2) is 41.3. The zero-order chi connectivity index (χ0) is 81.6. The lowest BCUT2D eigenvalue weighted by Crippen LogP contribution is -2.30. The lowest BCUT2D eigenvalue weighted by Gasteiger charge is -2.27. The molecule has 18 rings (SSSR count). The van der Waals surface area contributed by atoms with Crippen LogP contribution < -0.4 is 77.0 Å². The number of hydrogen-bond donors (Lipinski definition) is 6. The highest BCUT2D eigenvalue weighted by Crippen LogP contribution is 2.47. The Morgan fingerprint density at radius 1 is 0.308 bits per heavy atom. The molecule has 117 heavy (non-hydrogen) atoms. The number of pyridine rings is 1. The summed E-state index contributed by atoms with van der Waals surface area (Å²) in [6.45, 7) is 5.50. The summed E-state index contributed by atoms with van der Waals surface area (Å²) in [6, 6.07) is 79.9. The van der Waals surface area contributed by atoms with Gasteiger partial charge in [-0.3, -0.25) is 4.98 Å². The molecule has 0 amide bonds. The first-order valence-corrected chi connectivity index (χ1v) is 41.3. The Labute approximate surface area is 698 Å². The highest BCUT2D eigenvalue weighted by molar-refractivity contribution is 6.36. The molecular weight excluding hydrogens is 1500 g/mol. The van der Waals surface area contributed by atoms with Crippen LogP contribution in [-0.4, -0.2) is 102 Å². The minimum Gasteiger partial charge on any atom is -0.497 e. The van der Waals surface area contributed by atoms with Gasteiger partial charge in [0.05, 0.1) is 26.4 Å². The molecule has 0 radical (unpaired) electrons. The molecule has 7 heterocycles. The SMILES string of the molecule is COc1ccc(-c2cccc3c2O[C@@H](CN)CC3)c(OC)c1.COc1ccccc1-c1cccc2c1O[C@@H](CN)CC2.Cc1ccccc1-c1cccc2c1O[C@@H](CN)CC2.NC[C@H]1CCc2cccc(-c3ccc(Cl)cc3Cl)c2O1.NC[C@H]1CCc2cccc(-c3ccccc3)c2O1.NC[C@H]1CCc2cccc(-c3cccnc3)c2O1. The van der Waals surface area contributed by atoms with Crippen molar-refractivity contribution in [3.8, 4) is 119 Å². The molecule has 0 aliphatic carbocycles. The average Bonchev–Trinajstić information content (AvgIpc) is 0.796. The molecule has 0 unspecified atom stereocenters. The minimum atomic E-state index is 0.0784. The van der Waals surface area contributed by atoms with E-state index in [0.717, 1.165) is 173 Å². The van der Waals surface area contributed by atoms with Crippen LogP contribution in [0.3, 0.4) is 0 Å². The van der Waals surface area contributed by atoms with Crippen molar-refractivity contribution in [2.45, 2.75) is 121 Å². The molecule has 16 nitrogen and oxygen atoms in total. The van der Waals surface area contributed by atoms with Gasteiger partial charge < -0.3 is 77.0 Å². The smallest absolute Gasteiger partial charge is 0.130 e. The summed E-state index contributed by atoms with van der Waals surface area (Å²) >= 11 is 12.3. The Hall–Kier alpha value is -10.9. The van der Waals surface area contributed by atoms with E-state index in [0.29, 0.717) is 49.3 Å². The first-order valence-electron chi connectivity index (χ1n) is 40.6. The second-order valence-electron chi connectivity index (χ2n) is 29.7. The molecule has 606 valence electrons. The maximum Gasteiger partial charge on any atom is 0.130 e. The van der Waals surface area contributed by atoms with Gasteiger partial charge in [-0.2, -0.15) is 0 Å². The largest absolute Gasteiger partial charge is 0.497 e. The third kappa shape index (κ3) is 20.6. The van der Waals surface area contributed by atoms with Gasteiger partial charge >= 0.3 is 0 Å². The fraction of sp³-hybridized carbons (Fsp3) is 0.283. The number of benzene rings is 11. The van der Waals surface area contributed by atoms with Crippen LogP contribution in [0.4, 0.5) is 0 Å². The Bertz CT molecular complexity index is 5170. The summed E-state index contributed by atoms with van der Waals surface area (Å²) < 4.78 is 52.6. The first-order chi connectivity index (χ1) is 57.3. The lowest BCUT2D eigenvalue weighted by molar-refractivity contribution is 0.182. The summed E-state index contributed by atoms with van der Waals surface area (Å²) in [7, 11) is 5.00. The van der Waals surface area contributed by atoms with Gasteiger partial charge in [0, 0.05) is 118 Å². The van der Waals surface area contributed by atoms with Crippen LogP contribution in [0.5, 0.6) is 51.7 Å². The fourth-order valence-electron chi connectivity index (χ4n) is 15.7. The van der Waals surface area contributed by atoms with Gasteiger partial charge in [0.25, 0.3) is 0 Å². The van der Waals surface area contributed by atoms with Crippen molar-refractivity contribution < 1.29 is 42.6 Å². The average molecular weight is 1610 g/mol. The summed E-state index contributed by atoms with van der Waals surface area (Å²) in [5.41, 5.74) is 56.4. The molecule has 12 aromatic rings. The van der Waals surface area contributed by atoms with Crippen LogP contribution in [-0.2, 0) is 38.5 Å². The van der Waals surface area contributed by atoms with Crippen molar-refractivity contribution in [1.29, 1.82) is 0 Å². The van der Waals surface area contributed by atoms with E-state index in [1.807, 2.05) is 79.0 Å². The Balaban J connectivity index is 0.000000122. The number of halogens is 2. The standard InChI is InChI=1S/C18H21NO3.C17H19NO2.C17H19NO.C16H15Cl2NO.C16H17NO.C15H16N2O/c1-20-13-8-9-15(17(10-13)21-2)16-5-3-4-12-6-7-14(11-19)22-18(12)16;1-19-16-8-3-2-6-14(16)15-7-4-5-12-9-10-13(11-18)20-17(12)15;1-12-5-2-3-7-15(12)16-8-4-6-13-9-10-14(11-18)19-17(13)16;17-11-5-7-13(15(18)8-11)14-3-1-2-10-4-6-12(9-19)20-16(10)14;17-11-14-10-9-13-7-4-8-15(16(13)18-14)12-5-2-1-3-6-12;16-9-13-7-6-11-3-1-5-14(15(11)18-13)12-4-2-8-17-10-12/h3-5,8-10,14H,6-7,11,19H2,1-2H3;2-8,13H,9-11,18H2,1H3;2-8,14H,9-11,18H2,1H3;1-3,5,7-8,12H,4,6,9,19H2;1-8,14H,9-11,17H2;1-5,8,10,13H,6-7,9,16H2/t14-;13-;14-;12-;14-;13-/m111111/s1. The number of fused-ring (bicyclic) bond motifs is 6. The highest BCUT2D eigenvalue weighted by Gasteiger charge is 2.29. The quantitative estimate of drug-likeness (QED) is 0.0558. The number of aromatic nitrogens is 1. The number of hydrogen-bond acceptors (Lipinski definition) is 16. The monoisotopic (exact) mass is 1610 g/mol. The first kappa shape index (κ1) is 84.0. The number of nitrogens with two attached hydrogens (primary N) is 6. The molecule has 11 aromatic carbocycles. The Morgan fingerprint density at radius 2 is 0.641 bits per heavy atom. The van der Waals surface area contributed by atoms with E-state index in [9.17, 15) is 0 Å². The van der Waals surface area contributed by atoms with Crippen LogP contribution in [0, 0.1) is 6.92 Å². The second-order valence-corrected chi connectivity index (χ2v) is 30.5. The normalized spacial score (nSPS) is 17.4. The van der Waals surface area contributed by atoms with Gasteiger partial charge in [-0.25, -0.2) is 0 Å². The lowest BCUT2D eigenvalue weighted by atomic mass is 9.94. The third-order valence-electron chi connectivity index (χ3n) is 22.1. The fourth-order valence-corrected chi connectivity index (χ4v) is 16.2. The van der Waals surface area contributed by atoms with Crippen molar-refractivity contribution in [2.24, 2.45) is 34.4 Å². The molecule has 0 fully saturated rings. The molecule has 6 aliphatic rings. The van der Waals surface area contributed by atoms with E-state index in [2.05, 4.69) is 170 Å². The third-order valence-corrected chi connectivity index (χ3v) is 22.6. The summed E-state index contributed by atoms with van der Waals surface area (Å²) in [4.78, 5) is 4.17. The molecule has 0 saturated heterocycles. The minimum absolute atomic E-state index is 0.0784. The van der Waals surface area contributed by atoms with Crippen LogP contribution in [0.25, 0.3) is 66.8 Å². The van der Waals surface area contributed by atoms with Crippen molar-refractivity contribution in [3.05, 3.63) is 298 Å². The number of methoxy groups -OCH3 is 3. The number of para-hydroxylation sites is 7. The van der Waals surface area contributed by atoms with E-state index < -0.39 is 0 Å². The molecule has 0 saturated carbocycles. The molecular formula is C99H107Cl2N7O9. The zero-order valence-corrected chi connectivity index (χ0v) is 68.7. The van der Waals surface area contributed by atoms with Gasteiger partial charge in [-0.1, -0.05) is 217 Å². The summed E-state index contributed by atoms with van der Waals surface area (Å²) in [5, 5.41) is 1.26. The number of ether oxygens (including phenoxy) is 9. The summed E-state index contributed by atoms with van der Waals surface area (Å²) in [5.74, 6) is 8.21. The number of aryl methyl sites for hydroxylation is 7. The van der Waals surface area contributed by atoms with Crippen molar-refractivity contribution in [2.75, 3.05) is 60.6 Å². The Morgan fingerprint density at radius 3 is 1.03 bits per heavy atom. The molecule has 1 aromatic heterocycles. The van der Waals surface area contributed by atoms with Crippen LogP contribution in [0.15, 0.2) is 249 Å². The molecule has 0 spiro atoms. The molecule has 6 aliphatic heterocycles. The molecule has 0 bridgehead atoms. The van der Waals surface area contributed by atoms with Crippen molar-refractivity contribution in [1.82, 2.24) is 4.98 Å². The van der Waals surface area contributed by atoms with Crippen molar-refractivity contribution in [3.63, 3.8) is 0 Å². The predicted molar refractivity (Wildman–Crippen MR) is 474 cm³/mol. The molecule has 12 N–H and O–H groups in total. The number of rotatable bonds is 15. The maximum absolute atomic E-state index is 6.31. The molecule has 18 heteroatoms. The van der Waals surface area contributed by atoms with Crippen LogP contribution in [0.1, 0.15) is 77.5 Å². The van der Waals surface area contributed by atoms with Crippen molar-refractivity contribution >= 4 is 23.2 Å². The van der Waals surface area contributed by atoms with E-state index in [1.165, 1.54) is 61.2 Å². The topological polar surface area (TPSA) is 252 Å². The van der Waals surface area contributed by atoms with E-state index >= 15 is 0 Å². The van der Waals surface area contributed by atoms with E-state index in [4.69, 9.17) is 100 Å². The summed E-state index contributed by atoms with van der Waals surface area (Å²) in [6.07, 6.45) is 16.4. The van der Waals surface area contributed by atoms with E-state index in [-0.39, 0.29) is 36.6 Å². The maximum atomic E-state index is 6.31. The molecule has 6 atom stereocenters. The van der Waals surface area contributed by atoms with Crippen LogP contribution in [0.2, 0.25) is 10.0 Å². The van der Waals surface area contributed by atoms with Gasteiger partial charge in [0.1, 0.15) is 88.4 Å².